The van der Waals surface area contributed by atoms with Crippen LogP contribution >= 0.6 is 23.4 Å². The van der Waals surface area contributed by atoms with Crippen molar-refractivity contribution >= 4 is 34.9 Å². The molecule has 3 rings (SSSR count). The van der Waals surface area contributed by atoms with Crippen LogP contribution < -0.4 is 0 Å². The van der Waals surface area contributed by atoms with Crippen LogP contribution in [0.5, 0.6) is 0 Å². The fourth-order valence-electron chi connectivity index (χ4n) is 2.78. The minimum Gasteiger partial charge on any atom is -0.338 e. The molecule has 0 saturated carbocycles. The second-order valence-electron chi connectivity index (χ2n) is 6.35. The van der Waals surface area contributed by atoms with Gasteiger partial charge in [-0.2, -0.15) is 13.2 Å². The van der Waals surface area contributed by atoms with Gasteiger partial charge in [0.05, 0.1) is 15.8 Å². The number of rotatable bonds is 6. The zero-order valence-corrected chi connectivity index (χ0v) is 17.2. The summed E-state index contributed by atoms with van der Waals surface area (Å²) in [5, 5.41) is 7.22. The molecular formula is C19H18ClF3N4OS. The number of halogens is 4. The van der Waals surface area contributed by atoms with E-state index >= 15 is 0 Å². The second-order valence-corrected chi connectivity index (χ2v) is 8.06. The number of thioether (sulfide) groups is 1. The summed E-state index contributed by atoms with van der Waals surface area (Å²) in [4.78, 5) is 14.6. The second kappa shape index (κ2) is 8.62. The molecule has 0 bridgehead atoms. The SMILES string of the molecule is CCN(Cc1ccccc1)C(=O)C(C)Sc1nnc2c(Cl)cc(C(F)(F)F)cn12. The van der Waals surface area contributed by atoms with E-state index < -0.39 is 17.0 Å². The molecule has 2 aromatic heterocycles. The molecule has 0 N–H and O–H groups in total. The van der Waals surface area contributed by atoms with Gasteiger partial charge >= 0.3 is 6.18 Å². The average Bonchev–Trinajstić information content (AvgIpc) is 3.09. The van der Waals surface area contributed by atoms with E-state index in [1.54, 1.807) is 11.8 Å². The third-order valence-corrected chi connectivity index (χ3v) is 5.62. The van der Waals surface area contributed by atoms with Crippen molar-refractivity contribution in [3.8, 4) is 0 Å². The van der Waals surface area contributed by atoms with Gasteiger partial charge in [-0.25, -0.2) is 0 Å². The first kappa shape index (κ1) is 21.4. The lowest BCUT2D eigenvalue weighted by Crippen LogP contribution is -2.36. The monoisotopic (exact) mass is 442 g/mol. The number of alkyl halides is 3. The van der Waals surface area contributed by atoms with Crippen LogP contribution in [0.1, 0.15) is 25.0 Å². The Morgan fingerprint density at radius 1 is 1.28 bits per heavy atom. The number of amides is 1. The quantitative estimate of drug-likeness (QED) is 0.508. The van der Waals surface area contributed by atoms with Gasteiger partial charge in [-0.3, -0.25) is 9.20 Å². The molecule has 2 heterocycles. The zero-order valence-electron chi connectivity index (χ0n) is 15.7. The van der Waals surface area contributed by atoms with Gasteiger partial charge in [0, 0.05) is 19.3 Å². The number of hydrogen-bond acceptors (Lipinski definition) is 4. The lowest BCUT2D eigenvalue weighted by molar-refractivity contribution is -0.138. The van der Waals surface area contributed by atoms with Gasteiger partial charge in [0.2, 0.25) is 5.91 Å². The predicted molar refractivity (Wildman–Crippen MR) is 106 cm³/mol. The lowest BCUT2D eigenvalue weighted by atomic mass is 10.2. The molecule has 1 aromatic carbocycles. The van der Waals surface area contributed by atoms with Gasteiger partial charge < -0.3 is 4.90 Å². The average molecular weight is 443 g/mol. The highest BCUT2D eigenvalue weighted by molar-refractivity contribution is 8.00. The van der Waals surface area contributed by atoms with E-state index in [1.165, 1.54) is 4.40 Å². The Kier molecular flexibility index (Phi) is 6.38. The van der Waals surface area contributed by atoms with Gasteiger partial charge in [0.1, 0.15) is 0 Å². The molecule has 0 fully saturated rings. The summed E-state index contributed by atoms with van der Waals surface area (Å²) in [6, 6.07) is 10.4. The summed E-state index contributed by atoms with van der Waals surface area (Å²) < 4.78 is 40.5. The highest BCUT2D eigenvalue weighted by atomic mass is 35.5. The fraction of sp³-hybridized carbons (Fsp3) is 0.316. The van der Waals surface area contributed by atoms with Gasteiger partial charge in [-0.15, -0.1) is 10.2 Å². The van der Waals surface area contributed by atoms with E-state index in [0.717, 1.165) is 29.6 Å². The molecule has 29 heavy (non-hydrogen) atoms. The molecule has 5 nitrogen and oxygen atoms in total. The van der Waals surface area contributed by atoms with Gasteiger partial charge in [-0.1, -0.05) is 53.7 Å². The van der Waals surface area contributed by atoms with E-state index in [-0.39, 0.29) is 21.7 Å². The predicted octanol–water partition coefficient (Wildman–Crippen LogP) is 4.93. The van der Waals surface area contributed by atoms with Crippen LogP contribution in [0.3, 0.4) is 0 Å². The van der Waals surface area contributed by atoms with E-state index in [4.69, 9.17) is 11.6 Å². The Balaban J connectivity index is 1.82. The molecule has 0 aliphatic heterocycles. The Hall–Kier alpha value is -2.26. The molecule has 0 radical (unpaired) electrons. The van der Waals surface area contributed by atoms with E-state index in [1.807, 2.05) is 37.3 Å². The number of fused-ring (bicyclic) bond motifs is 1. The maximum Gasteiger partial charge on any atom is 0.417 e. The number of hydrogen-bond donors (Lipinski definition) is 0. The van der Waals surface area contributed by atoms with Crippen molar-refractivity contribution in [3.05, 3.63) is 58.7 Å². The molecule has 1 amide bonds. The maximum absolute atomic E-state index is 13.1. The van der Waals surface area contributed by atoms with E-state index in [9.17, 15) is 18.0 Å². The first-order chi connectivity index (χ1) is 13.7. The third-order valence-electron chi connectivity index (χ3n) is 4.30. The normalized spacial score (nSPS) is 12.9. The van der Waals surface area contributed by atoms with Crippen molar-refractivity contribution in [2.45, 2.75) is 37.0 Å². The van der Waals surface area contributed by atoms with Gasteiger partial charge in [-0.05, 0) is 25.5 Å². The number of carbonyl (C=O) groups excluding carboxylic acids is 1. The van der Waals surface area contributed by atoms with Crippen molar-refractivity contribution in [2.75, 3.05) is 6.54 Å². The Labute approximate surface area is 174 Å². The van der Waals surface area contributed by atoms with Crippen LogP contribution in [0.2, 0.25) is 5.02 Å². The van der Waals surface area contributed by atoms with Crippen molar-refractivity contribution < 1.29 is 18.0 Å². The van der Waals surface area contributed by atoms with Gasteiger partial charge in [0.25, 0.3) is 0 Å². The van der Waals surface area contributed by atoms with Crippen LogP contribution in [0, 0.1) is 0 Å². The Morgan fingerprint density at radius 3 is 2.59 bits per heavy atom. The molecule has 0 spiro atoms. The molecule has 0 saturated heterocycles. The van der Waals surface area contributed by atoms with E-state index in [2.05, 4.69) is 10.2 Å². The molecule has 1 atom stereocenters. The summed E-state index contributed by atoms with van der Waals surface area (Å²) in [6.45, 7) is 4.52. The number of benzene rings is 1. The summed E-state index contributed by atoms with van der Waals surface area (Å²) in [6.07, 6.45) is -3.66. The van der Waals surface area contributed by atoms with Crippen LogP contribution in [-0.2, 0) is 17.5 Å². The highest BCUT2D eigenvalue weighted by Gasteiger charge is 2.32. The minimum atomic E-state index is -4.56. The van der Waals surface area contributed by atoms with E-state index in [0.29, 0.717) is 13.1 Å². The molecule has 10 heteroatoms. The Morgan fingerprint density at radius 2 is 1.97 bits per heavy atom. The van der Waals surface area contributed by atoms with Crippen LogP contribution in [0.25, 0.3) is 5.65 Å². The minimum absolute atomic E-state index is 0.110. The van der Waals surface area contributed by atoms with Crippen LogP contribution in [0.4, 0.5) is 13.2 Å². The summed E-state index contributed by atoms with van der Waals surface area (Å²) >= 11 is 6.98. The molecule has 1 unspecified atom stereocenters. The third kappa shape index (κ3) is 4.84. The topological polar surface area (TPSA) is 50.5 Å². The maximum atomic E-state index is 13.1. The molecule has 3 aromatic rings. The highest BCUT2D eigenvalue weighted by Crippen LogP contribution is 2.34. The lowest BCUT2D eigenvalue weighted by Gasteiger charge is -2.24. The smallest absolute Gasteiger partial charge is 0.338 e. The van der Waals surface area contributed by atoms with Crippen molar-refractivity contribution in [1.29, 1.82) is 0 Å². The number of aromatic nitrogens is 3. The summed E-state index contributed by atoms with van der Waals surface area (Å²) in [7, 11) is 0. The zero-order chi connectivity index (χ0) is 21.2. The van der Waals surface area contributed by atoms with Crippen molar-refractivity contribution in [2.24, 2.45) is 0 Å². The number of pyridine rings is 1. The largest absolute Gasteiger partial charge is 0.417 e. The molecular weight excluding hydrogens is 425 g/mol. The van der Waals surface area contributed by atoms with Gasteiger partial charge in [0.15, 0.2) is 10.8 Å². The van der Waals surface area contributed by atoms with Crippen molar-refractivity contribution in [1.82, 2.24) is 19.5 Å². The van der Waals surface area contributed by atoms with Crippen LogP contribution in [0.15, 0.2) is 47.8 Å². The number of carbonyl (C=O) groups is 1. The first-order valence-corrected chi connectivity index (χ1v) is 10.1. The first-order valence-electron chi connectivity index (χ1n) is 8.81. The number of nitrogens with zero attached hydrogens (tertiary/aromatic N) is 4. The standard InChI is InChI=1S/C19H18ClF3N4OS/c1-3-26(10-13-7-5-4-6-8-13)17(28)12(2)29-18-25-24-16-15(20)9-14(11-27(16)18)19(21,22)23/h4-9,11-12H,3,10H2,1-2H3. The summed E-state index contributed by atoms with van der Waals surface area (Å²) in [5.41, 5.74) is 0.197. The molecule has 154 valence electrons. The van der Waals surface area contributed by atoms with Crippen molar-refractivity contribution in [3.63, 3.8) is 0 Å². The fourth-order valence-corrected chi connectivity index (χ4v) is 3.94. The summed E-state index contributed by atoms with van der Waals surface area (Å²) in [5.74, 6) is -0.142. The Bertz CT molecular complexity index is 1010. The van der Waals surface area contributed by atoms with Crippen LogP contribution in [-0.4, -0.2) is 37.2 Å². The molecule has 0 aliphatic carbocycles. The molecule has 0 aliphatic rings.